The molecule has 7 fully saturated rings. The highest BCUT2D eigenvalue weighted by molar-refractivity contribution is 5.76. The minimum absolute atomic E-state index is 0.0238. The van der Waals surface area contributed by atoms with Gasteiger partial charge in [-0.3, -0.25) is 9.59 Å². The average Bonchev–Trinajstić information content (AvgIpc) is 3.51. The quantitative estimate of drug-likeness (QED) is 0.403. The largest absolute Gasteiger partial charge is 0.461 e. The molecular formula is C30H40O6. The summed E-state index contributed by atoms with van der Waals surface area (Å²) in [6.07, 6.45) is 3.99. The Balaban J connectivity index is 1.37. The number of rotatable bonds is 0. The van der Waals surface area contributed by atoms with Crippen molar-refractivity contribution in [2.24, 2.45) is 58.7 Å². The first-order valence-corrected chi connectivity index (χ1v) is 14.4. The van der Waals surface area contributed by atoms with Crippen molar-refractivity contribution in [2.45, 2.75) is 103 Å². The molecule has 8 rings (SSSR count). The summed E-state index contributed by atoms with van der Waals surface area (Å²) in [5, 5.41) is 12.1. The molecule has 5 bridgehead atoms. The van der Waals surface area contributed by atoms with Crippen LogP contribution in [0.15, 0.2) is 11.1 Å². The summed E-state index contributed by atoms with van der Waals surface area (Å²) in [7, 11) is 0. The van der Waals surface area contributed by atoms with Crippen molar-refractivity contribution in [1.82, 2.24) is 0 Å². The summed E-state index contributed by atoms with van der Waals surface area (Å²) < 4.78 is 19.6. The molecule has 5 aliphatic carbocycles. The summed E-state index contributed by atoms with van der Waals surface area (Å²) in [5.74, 6) is 1.10. The summed E-state index contributed by atoms with van der Waals surface area (Å²) in [6.45, 7) is 12.9. The zero-order chi connectivity index (χ0) is 25.3. The minimum atomic E-state index is -0.848. The molecule has 0 spiro atoms. The van der Waals surface area contributed by atoms with Gasteiger partial charge in [0.25, 0.3) is 0 Å². The number of allylic oxidation sites excluding steroid dienone is 1. The van der Waals surface area contributed by atoms with E-state index in [0.29, 0.717) is 18.3 Å². The third kappa shape index (κ3) is 2.10. The number of ether oxygens (including phenoxy) is 3. The number of hydrogen-bond acceptors (Lipinski definition) is 6. The first-order chi connectivity index (χ1) is 16.9. The first kappa shape index (κ1) is 22.6. The highest BCUT2D eigenvalue weighted by Gasteiger charge is 2.89. The monoisotopic (exact) mass is 496 g/mol. The Bertz CT molecular complexity index is 1140. The average molecular weight is 497 g/mol. The van der Waals surface area contributed by atoms with Crippen LogP contribution < -0.4 is 0 Å². The third-order valence-electron chi connectivity index (χ3n) is 13.3. The standard InChI is InChI=1S/C30H40O6/c1-12-15-7-9-27(4,33)21-18(22(15)34-25(12)31)14(3)20-19(21)17-11-29(6)30(20)23(17)28(5,36-29)10-8-16-13(2)26(32)35-24(16)30/h12-13,15-17,19-24,33H,7-11H2,1-6H3/t12-,13+,15+,16+,17?,19+,20+,21+,22+,23+,24+,27-,28+,29-,30+/m1/s1. The van der Waals surface area contributed by atoms with Gasteiger partial charge < -0.3 is 19.3 Å². The Kier molecular flexibility index (Phi) is 3.92. The molecule has 15 atom stereocenters. The highest BCUT2D eigenvalue weighted by atomic mass is 16.6. The van der Waals surface area contributed by atoms with Gasteiger partial charge in [0, 0.05) is 29.1 Å². The predicted octanol–water partition coefficient (Wildman–Crippen LogP) is 4.04. The van der Waals surface area contributed by atoms with Crippen LogP contribution in [0.2, 0.25) is 0 Å². The van der Waals surface area contributed by atoms with Crippen molar-refractivity contribution >= 4 is 11.9 Å². The van der Waals surface area contributed by atoms with E-state index in [1.54, 1.807) is 0 Å². The topological polar surface area (TPSA) is 82.1 Å². The second kappa shape index (κ2) is 6.25. The van der Waals surface area contributed by atoms with E-state index in [9.17, 15) is 14.7 Å². The maximum atomic E-state index is 13.0. The number of carbonyl (C=O) groups is 2. The van der Waals surface area contributed by atoms with Crippen molar-refractivity contribution in [1.29, 1.82) is 0 Å². The lowest BCUT2D eigenvalue weighted by Gasteiger charge is -2.53. The fourth-order valence-corrected chi connectivity index (χ4v) is 12.4. The molecule has 0 aromatic carbocycles. The minimum Gasteiger partial charge on any atom is -0.461 e. The zero-order valence-corrected chi connectivity index (χ0v) is 22.4. The number of fused-ring (bicyclic) bond motifs is 7. The number of esters is 2. The molecule has 0 aromatic heterocycles. The fraction of sp³-hybridized carbons (Fsp3) is 0.867. The normalized spacial score (nSPS) is 63.9. The Morgan fingerprint density at radius 3 is 2.31 bits per heavy atom. The van der Waals surface area contributed by atoms with Crippen LogP contribution in [0.5, 0.6) is 0 Å². The molecule has 0 amide bonds. The molecule has 1 N–H and O–H groups in total. The van der Waals surface area contributed by atoms with Crippen LogP contribution in [0.3, 0.4) is 0 Å². The summed E-state index contributed by atoms with van der Waals surface area (Å²) in [4.78, 5) is 25.8. The lowest BCUT2D eigenvalue weighted by Crippen LogP contribution is -2.58. The zero-order valence-electron chi connectivity index (χ0n) is 22.4. The third-order valence-corrected chi connectivity index (χ3v) is 13.3. The van der Waals surface area contributed by atoms with Crippen molar-refractivity contribution in [3.63, 3.8) is 0 Å². The van der Waals surface area contributed by atoms with E-state index in [-0.39, 0.29) is 82.2 Å². The summed E-state index contributed by atoms with van der Waals surface area (Å²) >= 11 is 0. The van der Waals surface area contributed by atoms with E-state index in [1.807, 2.05) is 13.8 Å². The molecule has 6 heteroatoms. The van der Waals surface area contributed by atoms with Crippen LogP contribution in [-0.4, -0.2) is 46.1 Å². The lowest BCUT2D eigenvalue weighted by atomic mass is 9.55. The first-order valence-electron chi connectivity index (χ1n) is 14.4. The van der Waals surface area contributed by atoms with Crippen LogP contribution in [-0.2, 0) is 23.8 Å². The van der Waals surface area contributed by atoms with E-state index in [1.165, 1.54) is 11.1 Å². The number of aliphatic hydroxyl groups is 1. The summed E-state index contributed by atoms with van der Waals surface area (Å²) in [6, 6.07) is 0. The van der Waals surface area contributed by atoms with Gasteiger partial charge in [-0.1, -0.05) is 19.4 Å². The SMILES string of the molecule is CC1=C2[C@H]3OC(=O)[C@H](C)[C@@H]3CC[C@@](C)(O)[C@@H]2[C@H]2C3C[C@@]4(C)O[C@@]5(C)CC[C@H]6[C@H](C)C(=O)O[C@@H]6[C@@]4([C@@H]35)[C@@H]12. The van der Waals surface area contributed by atoms with Crippen LogP contribution in [0.25, 0.3) is 0 Å². The second-order valence-electron chi connectivity index (χ2n) is 14.6. The Labute approximate surface area is 213 Å². The van der Waals surface area contributed by atoms with Crippen LogP contribution in [0.1, 0.15) is 73.6 Å². The maximum absolute atomic E-state index is 13.0. The van der Waals surface area contributed by atoms with Crippen LogP contribution >= 0.6 is 0 Å². The van der Waals surface area contributed by atoms with Gasteiger partial charge in [-0.05, 0) is 83.1 Å². The van der Waals surface area contributed by atoms with Crippen LogP contribution in [0, 0.1) is 58.7 Å². The van der Waals surface area contributed by atoms with Gasteiger partial charge in [-0.25, -0.2) is 0 Å². The molecule has 196 valence electrons. The van der Waals surface area contributed by atoms with Gasteiger partial charge in [-0.2, -0.15) is 0 Å². The highest BCUT2D eigenvalue weighted by Crippen LogP contribution is 2.85. The van der Waals surface area contributed by atoms with E-state index in [2.05, 4.69) is 27.7 Å². The number of carbonyl (C=O) groups excluding carboxylic acids is 2. The molecule has 0 aromatic rings. The Hall–Kier alpha value is -1.40. The fourth-order valence-electron chi connectivity index (χ4n) is 12.4. The lowest BCUT2D eigenvalue weighted by molar-refractivity contribution is -0.207. The van der Waals surface area contributed by atoms with Crippen LogP contribution in [0.4, 0.5) is 0 Å². The van der Waals surface area contributed by atoms with Gasteiger partial charge in [0.15, 0.2) is 0 Å². The van der Waals surface area contributed by atoms with Crippen molar-refractivity contribution in [3.8, 4) is 0 Å². The molecule has 0 radical (unpaired) electrons. The molecule has 36 heavy (non-hydrogen) atoms. The van der Waals surface area contributed by atoms with E-state index >= 15 is 0 Å². The molecule has 3 heterocycles. The van der Waals surface area contributed by atoms with Gasteiger partial charge in [0.05, 0.1) is 28.6 Å². The smallest absolute Gasteiger partial charge is 0.309 e. The molecular weight excluding hydrogens is 456 g/mol. The van der Waals surface area contributed by atoms with Gasteiger partial charge in [0.2, 0.25) is 0 Å². The van der Waals surface area contributed by atoms with Crippen molar-refractivity contribution < 1.29 is 28.9 Å². The number of hydrogen-bond donors (Lipinski definition) is 1. The van der Waals surface area contributed by atoms with Gasteiger partial charge >= 0.3 is 11.9 Å². The molecule has 6 nitrogen and oxygen atoms in total. The Morgan fingerprint density at radius 1 is 0.889 bits per heavy atom. The van der Waals surface area contributed by atoms with Crippen molar-refractivity contribution in [2.75, 3.05) is 0 Å². The molecule has 3 saturated heterocycles. The second-order valence-corrected chi connectivity index (χ2v) is 14.6. The summed E-state index contributed by atoms with van der Waals surface area (Å²) in [5.41, 5.74) is 0.769. The van der Waals surface area contributed by atoms with E-state index in [0.717, 1.165) is 25.7 Å². The van der Waals surface area contributed by atoms with E-state index < -0.39 is 5.60 Å². The molecule has 3 aliphatic heterocycles. The van der Waals surface area contributed by atoms with Crippen molar-refractivity contribution in [3.05, 3.63) is 11.1 Å². The molecule has 1 unspecified atom stereocenters. The Morgan fingerprint density at radius 2 is 1.56 bits per heavy atom. The van der Waals surface area contributed by atoms with Gasteiger partial charge in [0.1, 0.15) is 12.2 Å². The van der Waals surface area contributed by atoms with E-state index in [4.69, 9.17) is 14.2 Å². The predicted molar refractivity (Wildman–Crippen MR) is 129 cm³/mol. The maximum Gasteiger partial charge on any atom is 0.309 e. The van der Waals surface area contributed by atoms with Gasteiger partial charge in [-0.15, -0.1) is 0 Å². The molecule has 4 saturated carbocycles. The molecule has 8 aliphatic rings.